The van der Waals surface area contributed by atoms with E-state index < -0.39 is 17.1 Å². The van der Waals surface area contributed by atoms with Crippen LogP contribution in [0, 0.1) is 6.92 Å². The van der Waals surface area contributed by atoms with E-state index in [0.717, 1.165) is 11.1 Å². The fraction of sp³-hybridized carbons (Fsp3) is 0.222. The molecule has 2 aromatic rings. The largest absolute Gasteiger partial charge is 0.489 e. The van der Waals surface area contributed by atoms with Crippen molar-refractivity contribution in [3.05, 3.63) is 65.7 Å². The van der Waals surface area contributed by atoms with Gasteiger partial charge < -0.3 is 10.0 Å². The topological polar surface area (TPSA) is 77.8 Å². The number of aryl methyl sites for hydroxylation is 1. The maximum atomic E-state index is 13.3. The van der Waals surface area contributed by atoms with Crippen molar-refractivity contribution in [3.63, 3.8) is 0 Å². The molecule has 0 atom stereocenters. The van der Waals surface area contributed by atoms with Gasteiger partial charge in [0, 0.05) is 5.46 Å². The van der Waals surface area contributed by atoms with Gasteiger partial charge in [-0.15, -0.1) is 0 Å². The molecule has 0 unspecified atom stereocenters. The van der Waals surface area contributed by atoms with Crippen LogP contribution in [-0.4, -0.2) is 32.1 Å². The van der Waals surface area contributed by atoms with Gasteiger partial charge in [0.05, 0.1) is 17.1 Å². The average molecular weight is 359 g/mol. The minimum absolute atomic E-state index is 0.0286. The molecular weight excluding hydrogens is 337 g/mol. The zero-order chi connectivity index (χ0) is 18.6. The number of hydrogen-bond acceptors (Lipinski definition) is 4. The molecule has 5 nitrogen and oxygen atoms in total. The van der Waals surface area contributed by atoms with Crippen molar-refractivity contribution in [1.82, 2.24) is 0 Å². The van der Waals surface area contributed by atoms with Crippen LogP contribution in [-0.2, 0) is 10.0 Å². The third-order valence-corrected chi connectivity index (χ3v) is 5.79. The zero-order valence-corrected chi connectivity index (χ0v) is 15.4. The Morgan fingerprint density at radius 1 is 1.16 bits per heavy atom. The van der Waals surface area contributed by atoms with Gasteiger partial charge in [0.15, 0.2) is 0 Å². The lowest BCUT2D eigenvalue weighted by molar-refractivity contribution is 0.424. The Kier molecular flexibility index (Phi) is 6.05. The Bertz CT molecular complexity index is 864. The first-order chi connectivity index (χ1) is 11.8. The summed E-state index contributed by atoms with van der Waals surface area (Å²) in [6, 6.07) is 13.3. The summed E-state index contributed by atoms with van der Waals surface area (Å²) in [5, 5.41) is 19.3. The second-order valence-electron chi connectivity index (χ2n) is 5.90. The lowest BCUT2D eigenvalue weighted by atomic mass is 9.79. The van der Waals surface area contributed by atoms with Crippen molar-refractivity contribution < 1.29 is 18.5 Å². The maximum absolute atomic E-state index is 13.3. The smallest absolute Gasteiger partial charge is 0.423 e. The van der Waals surface area contributed by atoms with Crippen LogP contribution in [0.3, 0.4) is 0 Å². The molecular formula is C18H22BNO4S. The van der Waals surface area contributed by atoms with Gasteiger partial charge in [-0.1, -0.05) is 47.5 Å². The Labute approximate surface area is 149 Å². The summed E-state index contributed by atoms with van der Waals surface area (Å²) in [5.41, 5.74) is 2.12. The molecule has 0 aliphatic rings. The number of para-hydroxylation sites is 1. The molecule has 25 heavy (non-hydrogen) atoms. The molecule has 0 saturated heterocycles. The van der Waals surface area contributed by atoms with Gasteiger partial charge in [0.1, 0.15) is 0 Å². The van der Waals surface area contributed by atoms with Gasteiger partial charge in [-0.2, -0.15) is 0 Å². The first-order valence-electron chi connectivity index (χ1n) is 7.93. The third kappa shape index (κ3) is 4.31. The van der Waals surface area contributed by atoms with E-state index in [1.54, 1.807) is 37.3 Å². The minimum Gasteiger partial charge on any atom is -0.423 e. The molecule has 2 N–H and O–H groups in total. The van der Waals surface area contributed by atoms with E-state index in [1.165, 1.54) is 16.4 Å². The summed E-state index contributed by atoms with van der Waals surface area (Å²) in [4.78, 5) is -0.110. The van der Waals surface area contributed by atoms with Gasteiger partial charge in [0.25, 0.3) is 10.0 Å². The molecule has 0 amide bonds. The highest BCUT2D eigenvalue weighted by Gasteiger charge is 2.30. The molecule has 0 bridgehead atoms. The highest BCUT2D eigenvalue weighted by molar-refractivity contribution is 7.93. The van der Waals surface area contributed by atoms with Crippen LogP contribution in [0.15, 0.2) is 65.1 Å². The lowest BCUT2D eigenvalue weighted by Crippen LogP contribution is -2.40. The van der Waals surface area contributed by atoms with Gasteiger partial charge in [-0.05, 0) is 39.0 Å². The lowest BCUT2D eigenvalue weighted by Gasteiger charge is -2.26. The standard InChI is InChI=1S/C18H22BNO4S/c1-4-14(2)13-20(16-8-6-5-7-9-16)25(23,24)18-11-10-15(3)12-17(18)19(21)22/h4-12,21-22H,13H2,1-3H3/b14-4+. The van der Waals surface area contributed by atoms with Crippen LogP contribution in [0.4, 0.5) is 5.69 Å². The van der Waals surface area contributed by atoms with E-state index in [1.807, 2.05) is 26.0 Å². The molecule has 0 aliphatic heterocycles. The minimum atomic E-state index is -3.98. The second kappa shape index (κ2) is 7.86. The van der Waals surface area contributed by atoms with Crippen molar-refractivity contribution in [2.75, 3.05) is 10.8 Å². The molecule has 2 rings (SSSR count). The number of anilines is 1. The summed E-state index contributed by atoms with van der Waals surface area (Å²) in [5.74, 6) is 0. The van der Waals surface area contributed by atoms with Gasteiger partial charge >= 0.3 is 7.12 Å². The Balaban J connectivity index is 2.64. The summed E-state index contributed by atoms with van der Waals surface area (Å²) in [7, 11) is -5.85. The van der Waals surface area contributed by atoms with Crippen molar-refractivity contribution in [2.24, 2.45) is 0 Å². The van der Waals surface area contributed by atoms with E-state index in [4.69, 9.17) is 0 Å². The Hall–Kier alpha value is -2.09. The molecule has 7 heteroatoms. The Morgan fingerprint density at radius 2 is 1.80 bits per heavy atom. The molecule has 2 aromatic carbocycles. The number of hydrogen-bond donors (Lipinski definition) is 2. The number of sulfonamides is 1. The number of rotatable bonds is 6. The third-order valence-electron chi connectivity index (χ3n) is 3.94. The molecule has 0 radical (unpaired) electrons. The van der Waals surface area contributed by atoms with Crippen LogP contribution in [0.2, 0.25) is 0 Å². The number of benzene rings is 2. The Morgan fingerprint density at radius 3 is 2.36 bits per heavy atom. The predicted molar refractivity (Wildman–Crippen MR) is 101 cm³/mol. The predicted octanol–water partition coefficient (Wildman–Crippen LogP) is 1.84. The molecule has 0 aliphatic carbocycles. The van der Waals surface area contributed by atoms with E-state index in [0.29, 0.717) is 5.69 Å². The highest BCUT2D eigenvalue weighted by Crippen LogP contribution is 2.24. The number of allylic oxidation sites excluding steroid dienone is 1. The average Bonchev–Trinajstić information content (AvgIpc) is 2.59. The maximum Gasteiger partial charge on any atom is 0.489 e. The molecule has 132 valence electrons. The van der Waals surface area contributed by atoms with Crippen LogP contribution >= 0.6 is 0 Å². The van der Waals surface area contributed by atoms with Crippen LogP contribution in [0.1, 0.15) is 19.4 Å². The van der Waals surface area contributed by atoms with E-state index >= 15 is 0 Å². The second-order valence-corrected chi connectivity index (χ2v) is 7.73. The molecule has 0 aromatic heterocycles. The summed E-state index contributed by atoms with van der Waals surface area (Å²) >= 11 is 0. The molecule has 0 heterocycles. The quantitative estimate of drug-likeness (QED) is 0.609. The monoisotopic (exact) mass is 359 g/mol. The van der Waals surface area contributed by atoms with E-state index in [2.05, 4.69) is 0 Å². The van der Waals surface area contributed by atoms with Crippen molar-refractivity contribution in [1.29, 1.82) is 0 Å². The zero-order valence-electron chi connectivity index (χ0n) is 14.5. The van der Waals surface area contributed by atoms with Crippen LogP contribution < -0.4 is 9.77 Å². The summed E-state index contributed by atoms with van der Waals surface area (Å²) in [6.07, 6.45) is 1.85. The first-order valence-corrected chi connectivity index (χ1v) is 9.37. The van der Waals surface area contributed by atoms with Crippen molar-refractivity contribution in [2.45, 2.75) is 25.7 Å². The van der Waals surface area contributed by atoms with Gasteiger partial charge in [-0.25, -0.2) is 8.42 Å². The number of nitrogens with zero attached hydrogens (tertiary/aromatic N) is 1. The normalized spacial score (nSPS) is 12.1. The fourth-order valence-electron chi connectivity index (χ4n) is 2.45. The first kappa shape index (κ1) is 19.2. The highest BCUT2D eigenvalue weighted by atomic mass is 32.2. The van der Waals surface area contributed by atoms with Gasteiger partial charge in [-0.3, -0.25) is 4.31 Å². The van der Waals surface area contributed by atoms with E-state index in [9.17, 15) is 18.5 Å². The summed E-state index contributed by atoms with van der Waals surface area (Å²) in [6.45, 7) is 5.64. The molecule has 0 spiro atoms. The van der Waals surface area contributed by atoms with Crippen molar-refractivity contribution >= 4 is 28.3 Å². The van der Waals surface area contributed by atoms with Gasteiger partial charge in [0.2, 0.25) is 0 Å². The van der Waals surface area contributed by atoms with Crippen LogP contribution in [0.25, 0.3) is 0 Å². The summed E-state index contributed by atoms with van der Waals surface area (Å²) < 4.78 is 27.9. The molecule has 0 saturated carbocycles. The fourth-order valence-corrected chi connectivity index (χ4v) is 4.16. The SMILES string of the molecule is C/C=C(\C)CN(c1ccccc1)S(=O)(=O)c1ccc(C)cc1B(O)O. The molecule has 0 fully saturated rings. The van der Waals surface area contributed by atoms with Crippen molar-refractivity contribution in [3.8, 4) is 0 Å². The van der Waals surface area contributed by atoms with Crippen LogP contribution in [0.5, 0.6) is 0 Å². The van der Waals surface area contributed by atoms with E-state index in [-0.39, 0.29) is 16.9 Å².